The monoisotopic (exact) mass is 440 g/mol. The van der Waals surface area contributed by atoms with E-state index in [1.54, 1.807) is 30.3 Å². The van der Waals surface area contributed by atoms with Gasteiger partial charge in [-0.2, -0.15) is 0 Å². The molecule has 1 aliphatic heterocycles. The molecule has 0 saturated carbocycles. The number of aliphatic imine (C=N–C) groups is 1. The maximum absolute atomic E-state index is 13.9. The number of hydrogen-bond donors (Lipinski definition) is 1. The van der Waals surface area contributed by atoms with Crippen molar-refractivity contribution in [2.45, 2.75) is 29.1 Å². The summed E-state index contributed by atoms with van der Waals surface area (Å²) in [5.41, 5.74) is 2.98. The molecule has 1 heterocycles. The van der Waals surface area contributed by atoms with Gasteiger partial charge in [0.1, 0.15) is 5.82 Å². The van der Waals surface area contributed by atoms with Gasteiger partial charge in [-0.15, -0.1) is 0 Å². The van der Waals surface area contributed by atoms with Gasteiger partial charge in [0.25, 0.3) is 5.91 Å². The van der Waals surface area contributed by atoms with Crippen molar-refractivity contribution in [3.8, 4) is 0 Å². The average molecular weight is 440 g/mol. The minimum Gasteiger partial charge on any atom is -0.352 e. The zero-order valence-electron chi connectivity index (χ0n) is 16.7. The van der Waals surface area contributed by atoms with E-state index in [0.717, 1.165) is 22.3 Å². The van der Waals surface area contributed by atoms with Gasteiger partial charge in [0.2, 0.25) is 5.92 Å². The first kappa shape index (κ1) is 21.2. The van der Waals surface area contributed by atoms with Gasteiger partial charge in [-0.25, -0.2) is 18.2 Å². The summed E-state index contributed by atoms with van der Waals surface area (Å²) in [4.78, 5) is 19.0. The first-order valence-electron chi connectivity index (χ1n) is 9.72. The van der Waals surface area contributed by atoms with Gasteiger partial charge in [-0.1, -0.05) is 42.1 Å². The number of carbonyl (C=O) groups excluding carboxylic acids is 1. The van der Waals surface area contributed by atoms with E-state index < -0.39 is 18.3 Å². The molecule has 3 aromatic rings. The van der Waals surface area contributed by atoms with Gasteiger partial charge in [-0.3, -0.25) is 4.79 Å². The Labute approximate surface area is 182 Å². The van der Waals surface area contributed by atoms with E-state index in [1.807, 2.05) is 24.3 Å². The molecule has 4 rings (SSSR count). The average Bonchev–Trinajstić information content (AvgIpc) is 2.89. The van der Waals surface area contributed by atoms with Crippen molar-refractivity contribution < 1.29 is 18.0 Å². The highest BCUT2D eigenvalue weighted by molar-refractivity contribution is 7.99. The Balaban J connectivity index is 1.72. The number of alkyl halides is 2. The Kier molecular flexibility index (Phi) is 5.87. The molecular formula is C24H19F3N2OS. The zero-order valence-corrected chi connectivity index (χ0v) is 17.5. The summed E-state index contributed by atoms with van der Waals surface area (Å²) in [5.74, 6) is -3.65. The fraction of sp³-hybridized carbons (Fsp3) is 0.167. The topological polar surface area (TPSA) is 41.5 Å². The molecule has 0 aromatic heterocycles. The van der Waals surface area contributed by atoms with Crippen LogP contribution in [0.1, 0.15) is 34.8 Å². The normalized spacial score (nSPS) is 13.0. The Morgan fingerprint density at radius 1 is 1.03 bits per heavy atom. The Morgan fingerprint density at radius 3 is 2.61 bits per heavy atom. The second kappa shape index (κ2) is 8.59. The second-order valence-electron chi connectivity index (χ2n) is 7.33. The molecule has 0 saturated heterocycles. The van der Waals surface area contributed by atoms with Crippen LogP contribution in [0.3, 0.4) is 0 Å². The van der Waals surface area contributed by atoms with Gasteiger partial charge in [0.05, 0.1) is 11.4 Å². The fourth-order valence-corrected chi connectivity index (χ4v) is 4.24. The van der Waals surface area contributed by atoms with E-state index >= 15 is 0 Å². The molecule has 0 fully saturated rings. The van der Waals surface area contributed by atoms with Crippen LogP contribution in [0.4, 0.5) is 18.9 Å². The summed E-state index contributed by atoms with van der Waals surface area (Å²) in [6, 6.07) is 19.0. The summed E-state index contributed by atoms with van der Waals surface area (Å²) in [6.45, 7) is 0.691. The number of halogens is 3. The summed E-state index contributed by atoms with van der Waals surface area (Å²) in [5, 5.41) is 2.52. The molecule has 3 nitrogen and oxygen atoms in total. The Morgan fingerprint density at radius 2 is 1.84 bits per heavy atom. The summed E-state index contributed by atoms with van der Waals surface area (Å²) in [6.07, 6.45) is -0.434. The lowest BCUT2D eigenvalue weighted by atomic mass is 10.0. The van der Waals surface area contributed by atoms with Crippen LogP contribution in [-0.2, 0) is 0 Å². The number of benzene rings is 3. The largest absolute Gasteiger partial charge is 0.352 e. The van der Waals surface area contributed by atoms with E-state index in [9.17, 15) is 18.0 Å². The van der Waals surface area contributed by atoms with Crippen LogP contribution in [0, 0.1) is 5.82 Å². The fourth-order valence-electron chi connectivity index (χ4n) is 3.24. The molecular weight excluding hydrogens is 421 g/mol. The third kappa shape index (κ3) is 4.99. The highest BCUT2D eigenvalue weighted by atomic mass is 32.2. The van der Waals surface area contributed by atoms with Crippen LogP contribution in [0.5, 0.6) is 0 Å². The van der Waals surface area contributed by atoms with Crippen molar-refractivity contribution in [2.24, 2.45) is 4.99 Å². The van der Waals surface area contributed by atoms with Crippen molar-refractivity contribution in [3.63, 3.8) is 0 Å². The van der Waals surface area contributed by atoms with Crippen molar-refractivity contribution in [1.82, 2.24) is 5.32 Å². The molecule has 0 spiro atoms. The van der Waals surface area contributed by atoms with Gasteiger partial charge < -0.3 is 5.32 Å². The molecule has 1 aliphatic rings. The molecule has 31 heavy (non-hydrogen) atoms. The highest BCUT2D eigenvalue weighted by Crippen LogP contribution is 2.41. The van der Waals surface area contributed by atoms with E-state index in [2.05, 4.69) is 5.32 Å². The lowest BCUT2D eigenvalue weighted by Crippen LogP contribution is -2.28. The highest BCUT2D eigenvalue weighted by Gasteiger charge is 2.22. The molecule has 158 valence electrons. The molecule has 7 heteroatoms. The predicted molar refractivity (Wildman–Crippen MR) is 116 cm³/mol. The van der Waals surface area contributed by atoms with Crippen LogP contribution in [0.2, 0.25) is 0 Å². The number of amides is 1. The first-order chi connectivity index (χ1) is 14.8. The van der Waals surface area contributed by atoms with E-state index in [-0.39, 0.29) is 12.4 Å². The van der Waals surface area contributed by atoms with Crippen molar-refractivity contribution in [1.29, 1.82) is 0 Å². The lowest BCUT2D eigenvalue weighted by Gasteiger charge is -2.11. The van der Waals surface area contributed by atoms with Crippen LogP contribution < -0.4 is 5.32 Å². The number of nitrogens with zero attached hydrogens (tertiary/aromatic N) is 1. The Hall–Kier alpha value is -3.06. The molecule has 1 N–H and O–H groups in total. The second-order valence-corrected chi connectivity index (χ2v) is 8.41. The Bertz CT molecular complexity index is 1170. The van der Waals surface area contributed by atoms with Crippen molar-refractivity contribution in [3.05, 3.63) is 89.2 Å². The standard InChI is InChI=1S/C24H19F3N2OS/c1-24(26,27)11-12-28-23(30)16-9-10-21-19(14-16)29-22(15-5-4-6-17(25)13-15)18-7-2-3-8-20(18)31-21/h2-10,13-14H,11-12H2,1H3,(H,28,30). The number of hydrogen-bond acceptors (Lipinski definition) is 3. The van der Waals surface area contributed by atoms with Crippen LogP contribution in [0.15, 0.2) is 81.5 Å². The maximum Gasteiger partial charge on any atom is 0.251 e. The molecule has 3 aromatic carbocycles. The number of nitrogens with one attached hydrogen (secondary N) is 1. The summed E-state index contributed by atoms with van der Waals surface area (Å²) in [7, 11) is 0. The first-order valence-corrected chi connectivity index (χ1v) is 10.5. The number of fused-ring (bicyclic) bond motifs is 2. The van der Waals surface area contributed by atoms with Crippen LogP contribution in [-0.4, -0.2) is 24.1 Å². The molecule has 0 atom stereocenters. The van der Waals surface area contributed by atoms with E-state index in [0.29, 0.717) is 22.5 Å². The van der Waals surface area contributed by atoms with Crippen molar-refractivity contribution in [2.75, 3.05) is 6.54 Å². The summed E-state index contributed by atoms with van der Waals surface area (Å²) < 4.78 is 39.9. The molecule has 1 amide bonds. The molecule has 0 radical (unpaired) electrons. The third-order valence-electron chi connectivity index (χ3n) is 4.76. The SMILES string of the molecule is CC(F)(F)CCNC(=O)c1ccc2c(c1)N=C(c1cccc(F)c1)c1ccccc1S2. The zero-order chi connectivity index (χ0) is 22.0. The van der Waals surface area contributed by atoms with Gasteiger partial charge in [-0.05, 0) is 43.3 Å². The number of rotatable bonds is 5. The molecule has 0 bridgehead atoms. The third-order valence-corrected chi connectivity index (χ3v) is 5.90. The minimum atomic E-state index is -2.84. The van der Waals surface area contributed by atoms with Crippen molar-refractivity contribution >= 4 is 29.1 Å². The predicted octanol–water partition coefficient (Wildman–Crippen LogP) is 6.23. The van der Waals surface area contributed by atoms with E-state index in [1.165, 1.54) is 23.9 Å². The quantitative estimate of drug-likeness (QED) is 0.399. The maximum atomic E-state index is 13.9. The van der Waals surface area contributed by atoms with Gasteiger partial charge in [0.15, 0.2) is 0 Å². The van der Waals surface area contributed by atoms with Crippen LogP contribution >= 0.6 is 11.8 Å². The smallest absolute Gasteiger partial charge is 0.251 e. The molecule has 0 aliphatic carbocycles. The van der Waals surface area contributed by atoms with Crippen LogP contribution in [0.25, 0.3) is 0 Å². The minimum absolute atomic E-state index is 0.128. The molecule has 0 unspecified atom stereocenters. The lowest BCUT2D eigenvalue weighted by molar-refractivity contribution is 0.0137. The van der Waals surface area contributed by atoms with Gasteiger partial charge >= 0.3 is 0 Å². The number of carbonyl (C=O) groups is 1. The van der Waals surface area contributed by atoms with E-state index in [4.69, 9.17) is 4.99 Å². The van der Waals surface area contributed by atoms with Gasteiger partial charge in [0, 0.05) is 39.4 Å². The summed E-state index contributed by atoms with van der Waals surface area (Å²) >= 11 is 1.51.